The molecule has 0 unspecified atom stereocenters. The normalized spacial score (nSPS) is 11.9. The maximum atomic E-state index is 12.4. The van der Waals surface area contributed by atoms with E-state index in [0.717, 1.165) is 16.7 Å². The van der Waals surface area contributed by atoms with Crippen molar-refractivity contribution >= 4 is 35.2 Å². The van der Waals surface area contributed by atoms with Gasteiger partial charge in [0.2, 0.25) is 5.91 Å². The van der Waals surface area contributed by atoms with E-state index in [4.69, 9.17) is 10.9 Å². The highest BCUT2D eigenvalue weighted by Gasteiger charge is 2.29. The third-order valence-corrected chi connectivity index (χ3v) is 6.13. The van der Waals surface area contributed by atoms with Crippen LogP contribution in [0.5, 0.6) is 0 Å². The number of carbonyl (C=O) groups is 3. The molecule has 0 spiro atoms. The van der Waals surface area contributed by atoms with Gasteiger partial charge in [-0.1, -0.05) is 36.4 Å². The van der Waals surface area contributed by atoms with Crippen LogP contribution in [0, 0.1) is 0 Å². The lowest BCUT2D eigenvalue weighted by molar-refractivity contribution is -0.130. The van der Waals surface area contributed by atoms with Crippen molar-refractivity contribution in [3.8, 4) is 11.1 Å². The molecule has 0 radical (unpaired) electrons. The number of benzene rings is 3. The molecule has 3 aromatic carbocycles. The molecule has 3 rings (SSSR count). The number of hydrogen-bond acceptors (Lipinski definition) is 7. The number of thioether (sulfide) groups is 1. The van der Waals surface area contributed by atoms with Crippen molar-refractivity contribution in [2.75, 3.05) is 18.4 Å². The molecule has 0 aromatic heterocycles. The SMILES string of the molecule is NC[C@H](NC(=O)c1ccc(-c2ccc(NC(=O)CNCc3ccc(SC(F)(F)F)cc3)cc2)cc1)C(=O)NO. The molecule has 0 aliphatic carbocycles. The number of halogens is 3. The number of anilines is 1. The first-order valence-electron chi connectivity index (χ1n) is 11.6. The van der Waals surface area contributed by atoms with Crippen LogP contribution in [0.3, 0.4) is 0 Å². The highest BCUT2D eigenvalue weighted by molar-refractivity contribution is 8.00. The molecule has 0 bridgehead atoms. The van der Waals surface area contributed by atoms with E-state index in [9.17, 15) is 27.6 Å². The van der Waals surface area contributed by atoms with Crippen molar-refractivity contribution in [2.24, 2.45) is 5.73 Å². The standard InChI is InChI=1S/C26H26F3N5O4S/c27-26(28,29)39-21-11-1-16(2-12-21)14-31-15-23(35)32-20-9-7-18(8-10-20)17-3-5-19(6-4-17)24(36)33-22(13-30)25(37)34-38/h1-12,22,31,38H,13-15,30H2,(H,32,35)(H,33,36)(H,34,37)/t22-/m0/s1. The van der Waals surface area contributed by atoms with Crippen molar-refractivity contribution in [1.82, 2.24) is 16.1 Å². The summed E-state index contributed by atoms with van der Waals surface area (Å²) in [5.41, 5.74) is 5.83. The third-order valence-electron chi connectivity index (χ3n) is 5.39. The average Bonchev–Trinajstić information content (AvgIpc) is 2.92. The zero-order valence-corrected chi connectivity index (χ0v) is 21.2. The van der Waals surface area contributed by atoms with Crippen molar-refractivity contribution in [1.29, 1.82) is 0 Å². The van der Waals surface area contributed by atoms with Gasteiger partial charge in [0.15, 0.2) is 0 Å². The number of nitrogens with one attached hydrogen (secondary N) is 4. The number of nitrogens with two attached hydrogens (primary N) is 1. The Balaban J connectivity index is 1.47. The molecule has 39 heavy (non-hydrogen) atoms. The molecule has 3 amide bonds. The summed E-state index contributed by atoms with van der Waals surface area (Å²) in [4.78, 5) is 36.2. The largest absolute Gasteiger partial charge is 0.446 e. The van der Waals surface area contributed by atoms with Crippen molar-refractivity contribution in [3.05, 3.63) is 83.9 Å². The molecular weight excluding hydrogens is 535 g/mol. The van der Waals surface area contributed by atoms with Crippen LogP contribution in [0.1, 0.15) is 15.9 Å². The van der Waals surface area contributed by atoms with Gasteiger partial charge in [0, 0.05) is 29.2 Å². The molecule has 0 aliphatic heterocycles. The molecule has 0 heterocycles. The molecule has 13 heteroatoms. The van der Waals surface area contributed by atoms with Gasteiger partial charge in [0.1, 0.15) is 6.04 Å². The van der Waals surface area contributed by atoms with Crippen molar-refractivity contribution in [3.63, 3.8) is 0 Å². The minimum atomic E-state index is -4.34. The van der Waals surface area contributed by atoms with E-state index in [2.05, 4.69) is 16.0 Å². The van der Waals surface area contributed by atoms with Gasteiger partial charge in [0.05, 0.1) is 6.54 Å². The summed E-state index contributed by atoms with van der Waals surface area (Å²) in [6.07, 6.45) is 0. The summed E-state index contributed by atoms with van der Waals surface area (Å²) in [5, 5.41) is 16.8. The monoisotopic (exact) mass is 561 g/mol. The fourth-order valence-corrected chi connectivity index (χ4v) is 3.99. The Kier molecular flexibility index (Phi) is 10.5. The van der Waals surface area contributed by atoms with Crippen LogP contribution >= 0.6 is 11.8 Å². The van der Waals surface area contributed by atoms with Crippen LogP contribution in [0.15, 0.2) is 77.7 Å². The van der Waals surface area contributed by atoms with Crippen molar-refractivity contribution in [2.45, 2.75) is 23.0 Å². The van der Waals surface area contributed by atoms with Gasteiger partial charge in [0.25, 0.3) is 11.8 Å². The number of alkyl halides is 3. The predicted molar refractivity (Wildman–Crippen MR) is 141 cm³/mol. The van der Waals surface area contributed by atoms with Crippen LogP contribution < -0.4 is 27.2 Å². The van der Waals surface area contributed by atoms with Gasteiger partial charge in [-0.2, -0.15) is 13.2 Å². The number of hydroxylamine groups is 1. The van der Waals surface area contributed by atoms with Crippen LogP contribution in [-0.2, 0) is 16.1 Å². The number of carbonyl (C=O) groups excluding carboxylic acids is 3. The zero-order chi connectivity index (χ0) is 28.4. The number of amides is 3. The second kappa shape index (κ2) is 13.8. The van der Waals surface area contributed by atoms with Crippen molar-refractivity contribution < 1.29 is 32.8 Å². The molecule has 0 fully saturated rings. The fourth-order valence-electron chi connectivity index (χ4n) is 3.45. The van der Waals surface area contributed by atoms with Gasteiger partial charge in [-0.3, -0.25) is 19.6 Å². The summed E-state index contributed by atoms with van der Waals surface area (Å²) in [7, 11) is 0. The Morgan fingerprint density at radius 2 is 1.49 bits per heavy atom. The molecular formula is C26H26F3N5O4S. The Hall–Kier alpha value is -3.91. The molecule has 0 aliphatic rings. The lowest BCUT2D eigenvalue weighted by Gasteiger charge is -2.14. The van der Waals surface area contributed by atoms with E-state index < -0.39 is 23.4 Å². The van der Waals surface area contributed by atoms with Gasteiger partial charge < -0.3 is 21.7 Å². The van der Waals surface area contributed by atoms with E-state index in [1.807, 2.05) is 0 Å². The molecule has 0 saturated carbocycles. The topological polar surface area (TPSA) is 146 Å². The summed E-state index contributed by atoms with van der Waals surface area (Å²) in [5.74, 6) is -1.62. The molecule has 3 aromatic rings. The summed E-state index contributed by atoms with van der Waals surface area (Å²) in [6.45, 7) is 0.144. The fraction of sp³-hybridized carbons (Fsp3) is 0.192. The second-order valence-corrected chi connectivity index (χ2v) is 9.37. The summed E-state index contributed by atoms with van der Waals surface area (Å²) in [6, 6.07) is 18.5. The van der Waals surface area contributed by atoms with E-state index in [-0.39, 0.29) is 35.7 Å². The van der Waals surface area contributed by atoms with E-state index in [1.54, 1.807) is 60.7 Å². The number of rotatable bonds is 11. The highest BCUT2D eigenvalue weighted by Crippen LogP contribution is 2.36. The highest BCUT2D eigenvalue weighted by atomic mass is 32.2. The van der Waals surface area contributed by atoms with Gasteiger partial charge in [-0.25, -0.2) is 5.48 Å². The third kappa shape index (κ3) is 9.41. The zero-order valence-electron chi connectivity index (χ0n) is 20.4. The van der Waals surface area contributed by atoms with Crippen LogP contribution in [0.4, 0.5) is 18.9 Å². The lowest BCUT2D eigenvalue weighted by atomic mass is 10.0. The summed E-state index contributed by atoms with van der Waals surface area (Å²) >= 11 is -0.179. The second-order valence-electron chi connectivity index (χ2n) is 8.24. The Morgan fingerprint density at radius 3 is 2.03 bits per heavy atom. The minimum absolute atomic E-state index is 0.00923. The molecule has 9 nitrogen and oxygen atoms in total. The molecule has 0 saturated heterocycles. The lowest BCUT2D eigenvalue weighted by Crippen LogP contribution is -2.50. The maximum Gasteiger partial charge on any atom is 0.446 e. The maximum absolute atomic E-state index is 12.4. The van der Waals surface area contributed by atoms with Gasteiger partial charge >= 0.3 is 5.51 Å². The first-order valence-corrected chi connectivity index (χ1v) is 12.4. The average molecular weight is 562 g/mol. The quantitative estimate of drug-likeness (QED) is 0.120. The Bertz CT molecular complexity index is 1270. The molecule has 7 N–H and O–H groups in total. The molecule has 206 valence electrons. The van der Waals surface area contributed by atoms with Gasteiger partial charge in [-0.05, 0) is 64.9 Å². The van der Waals surface area contributed by atoms with E-state index >= 15 is 0 Å². The van der Waals surface area contributed by atoms with Crippen LogP contribution in [-0.4, -0.2) is 47.6 Å². The predicted octanol–water partition coefficient (Wildman–Crippen LogP) is 3.26. The van der Waals surface area contributed by atoms with E-state index in [0.29, 0.717) is 17.8 Å². The smallest absolute Gasteiger partial charge is 0.339 e. The first-order chi connectivity index (χ1) is 18.6. The Labute approximate surface area is 226 Å². The molecule has 1 atom stereocenters. The van der Waals surface area contributed by atoms with Crippen LogP contribution in [0.2, 0.25) is 0 Å². The van der Waals surface area contributed by atoms with E-state index in [1.165, 1.54) is 17.6 Å². The minimum Gasteiger partial charge on any atom is -0.339 e. The Morgan fingerprint density at radius 1 is 0.897 bits per heavy atom. The first kappa shape index (κ1) is 29.6. The number of hydrogen-bond donors (Lipinski definition) is 6. The van der Waals surface area contributed by atoms with Gasteiger partial charge in [-0.15, -0.1) is 0 Å². The summed E-state index contributed by atoms with van der Waals surface area (Å²) < 4.78 is 37.2. The van der Waals surface area contributed by atoms with Crippen LogP contribution in [0.25, 0.3) is 11.1 Å².